The number of benzene rings is 1. The second kappa shape index (κ2) is 20.1. The SMILES string of the molecule is CCCCC(CC)COC(=O)CCC(=O)OCC(CC)CCCC.Cc1ccccc1. The standard InChI is InChI=1S/C20H38O4.C7H8/c1-5-9-11-17(7-3)15-23-19(21)13-14-20(22)24-16-18(8-4)12-10-6-2;1-7-5-3-2-4-6-7/h17-18H,5-16H2,1-4H3;2-6H,1H3. The predicted octanol–water partition coefficient (Wildman–Crippen LogP) is 7.28. The highest BCUT2D eigenvalue weighted by atomic mass is 16.5. The molecule has 0 aromatic heterocycles. The summed E-state index contributed by atoms with van der Waals surface area (Å²) in [5, 5.41) is 0. The van der Waals surface area contributed by atoms with E-state index in [1.54, 1.807) is 0 Å². The van der Waals surface area contributed by atoms with Gasteiger partial charge in [0.1, 0.15) is 0 Å². The van der Waals surface area contributed by atoms with Crippen LogP contribution in [-0.4, -0.2) is 25.2 Å². The van der Waals surface area contributed by atoms with Crippen LogP contribution in [0.3, 0.4) is 0 Å². The number of rotatable bonds is 15. The van der Waals surface area contributed by atoms with Gasteiger partial charge in [-0.25, -0.2) is 0 Å². The molecule has 0 spiro atoms. The first kappa shape index (κ1) is 29.2. The normalized spacial score (nSPS) is 12.3. The van der Waals surface area contributed by atoms with E-state index in [1.807, 2.05) is 18.2 Å². The highest BCUT2D eigenvalue weighted by Crippen LogP contribution is 2.14. The van der Waals surface area contributed by atoms with E-state index in [9.17, 15) is 9.59 Å². The molecule has 0 aliphatic carbocycles. The summed E-state index contributed by atoms with van der Waals surface area (Å²) < 4.78 is 10.6. The zero-order valence-electron chi connectivity index (χ0n) is 20.7. The highest BCUT2D eigenvalue weighted by molar-refractivity contribution is 5.77. The number of aryl methyl sites for hydroxylation is 1. The number of hydrogen-bond acceptors (Lipinski definition) is 4. The molecule has 0 aliphatic heterocycles. The lowest BCUT2D eigenvalue weighted by Gasteiger charge is -2.15. The van der Waals surface area contributed by atoms with Crippen LogP contribution in [0.1, 0.15) is 97.5 Å². The summed E-state index contributed by atoms with van der Waals surface area (Å²) in [4.78, 5) is 23.5. The summed E-state index contributed by atoms with van der Waals surface area (Å²) >= 11 is 0. The Hall–Kier alpha value is -1.84. The molecule has 178 valence electrons. The van der Waals surface area contributed by atoms with Gasteiger partial charge in [0, 0.05) is 0 Å². The summed E-state index contributed by atoms with van der Waals surface area (Å²) in [6.07, 6.45) is 9.12. The Labute approximate surface area is 191 Å². The van der Waals surface area contributed by atoms with Crippen LogP contribution in [0.15, 0.2) is 30.3 Å². The molecule has 2 atom stereocenters. The van der Waals surface area contributed by atoms with Gasteiger partial charge in [-0.05, 0) is 31.6 Å². The largest absolute Gasteiger partial charge is 0.465 e. The molecule has 2 unspecified atom stereocenters. The average molecular weight is 435 g/mol. The fourth-order valence-electron chi connectivity index (χ4n) is 3.10. The maximum absolute atomic E-state index is 11.7. The Morgan fingerprint density at radius 3 is 1.45 bits per heavy atom. The monoisotopic (exact) mass is 434 g/mol. The Kier molecular flexibility index (Phi) is 18.9. The molecule has 0 bridgehead atoms. The van der Waals surface area contributed by atoms with Gasteiger partial charge in [0.05, 0.1) is 26.1 Å². The zero-order valence-corrected chi connectivity index (χ0v) is 20.7. The molecule has 1 aromatic rings. The molecule has 0 N–H and O–H groups in total. The van der Waals surface area contributed by atoms with E-state index >= 15 is 0 Å². The molecular formula is C27H46O4. The summed E-state index contributed by atoms with van der Waals surface area (Å²) in [5.74, 6) is 0.286. The number of esters is 2. The second-order valence-corrected chi connectivity index (χ2v) is 8.35. The van der Waals surface area contributed by atoms with Crippen LogP contribution in [0.2, 0.25) is 0 Å². The number of hydrogen-bond donors (Lipinski definition) is 0. The van der Waals surface area contributed by atoms with E-state index in [0.29, 0.717) is 25.0 Å². The van der Waals surface area contributed by atoms with Crippen LogP contribution in [0.5, 0.6) is 0 Å². The fourth-order valence-corrected chi connectivity index (χ4v) is 3.10. The van der Waals surface area contributed by atoms with E-state index in [-0.39, 0.29) is 24.8 Å². The van der Waals surface area contributed by atoms with Crippen molar-refractivity contribution in [3.63, 3.8) is 0 Å². The van der Waals surface area contributed by atoms with Gasteiger partial charge < -0.3 is 9.47 Å². The van der Waals surface area contributed by atoms with Gasteiger partial charge in [-0.3, -0.25) is 9.59 Å². The van der Waals surface area contributed by atoms with Crippen LogP contribution < -0.4 is 0 Å². The number of carbonyl (C=O) groups is 2. The molecule has 0 fully saturated rings. The Balaban J connectivity index is 0.00000107. The van der Waals surface area contributed by atoms with Gasteiger partial charge in [-0.15, -0.1) is 0 Å². The Morgan fingerprint density at radius 1 is 0.742 bits per heavy atom. The maximum Gasteiger partial charge on any atom is 0.306 e. The summed E-state index contributed by atoms with van der Waals surface area (Å²) in [5.41, 5.74) is 1.32. The lowest BCUT2D eigenvalue weighted by Crippen LogP contribution is -2.17. The molecule has 31 heavy (non-hydrogen) atoms. The van der Waals surface area contributed by atoms with Gasteiger partial charge in [-0.2, -0.15) is 0 Å². The van der Waals surface area contributed by atoms with Gasteiger partial charge in [0.25, 0.3) is 0 Å². The first-order chi connectivity index (χ1) is 15.0. The fraction of sp³-hybridized carbons (Fsp3) is 0.704. The van der Waals surface area contributed by atoms with Crippen molar-refractivity contribution in [1.29, 1.82) is 0 Å². The minimum Gasteiger partial charge on any atom is -0.465 e. The lowest BCUT2D eigenvalue weighted by atomic mass is 10.0. The minimum atomic E-state index is -0.292. The van der Waals surface area contributed by atoms with Gasteiger partial charge in [0.2, 0.25) is 0 Å². The second-order valence-electron chi connectivity index (χ2n) is 8.35. The van der Waals surface area contributed by atoms with Gasteiger partial charge >= 0.3 is 11.9 Å². The third-order valence-electron chi connectivity index (χ3n) is 5.52. The van der Waals surface area contributed by atoms with Crippen LogP contribution in [0.25, 0.3) is 0 Å². The molecule has 0 amide bonds. The van der Waals surface area contributed by atoms with Gasteiger partial charge in [0.15, 0.2) is 0 Å². The van der Waals surface area contributed by atoms with E-state index in [1.165, 1.54) is 18.4 Å². The maximum atomic E-state index is 11.7. The highest BCUT2D eigenvalue weighted by Gasteiger charge is 2.14. The molecule has 1 aromatic carbocycles. The van der Waals surface area contributed by atoms with Crippen molar-refractivity contribution in [2.75, 3.05) is 13.2 Å². The minimum absolute atomic E-state index is 0.120. The summed E-state index contributed by atoms with van der Waals surface area (Å²) in [7, 11) is 0. The van der Waals surface area contributed by atoms with Crippen molar-refractivity contribution < 1.29 is 19.1 Å². The van der Waals surface area contributed by atoms with E-state index in [4.69, 9.17) is 9.47 Å². The van der Waals surface area contributed by atoms with Crippen LogP contribution in [0.4, 0.5) is 0 Å². The summed E-state index contributed by atoms with van der Waals surface area (Å²) in [6.45, 7) is 11.6. The zero-order chi connectivity index (χ0) is 23.3. The predicted molar refractivity (Wildman–Crippen MR) is 129 cm³/mol. The molecule has 0 heterocycles. The third-order valence-corrected chi connectivity index (χ3v) is 5.52. The van der Waals surface area contributed by atoms with E-state index in [2.05, 4.69) is 46.8 Å². The summed E-state index contributed by atoms with van der Waals surface area (Å²) in [6, 6.07) is 10.3. The van der Waals surface area contributed by atoms with E-state index < -0.39 is 0 Å². The van der Waals surface area contributed by atoms with Crippen LogP contribution in [0, 0.1) is 18.8 Å². The van der Waals surface area contributed by atoms with Crippen molar-refractivity contribution in [2.45, 2.75) is 98.8 Å². The quantitative estimate of drug-likeness (QED) is 0.272. The molecule has 0 aliphatic rings. The first-order valence-corrected chi connectivity index (χ1v) is 12.3. The van der Waals surface area contributed by atoms with Crippen molar-refractivity contribution in [3.8, 4) is 0 Å². The third kappa shape index (κ3) is 17.5. The molecule has 0 saturated heterocycles. The number of ether oxygens (including phenoxy) is 2. The topological polar surface area (TPSA) is 52.6 Å². The number of unbranched alkanes of at least 4 members (excludes halogenated alkanes) is 2. The van der Waals surface area contributed by atoms with Crippen LogP contribution >= 0.6 is 0 Å². The van der Waals surface area contributed by atoms with E-state index in [0.717, 1.165) is 38.5 Å². The number of carbonyl (C=O) groups excluding carboxylic acids is 2. The van der Waals surface area contributed by atoms with Crippen LogP contribution in [-0.2, 0) is 19.1 Å². The van der Waals surface area contributed by atoms with Crippen molar-refractivity contribution in [2.24, 2.45) is 11.8 Å². The smallest absolute Gasteiger partial charge is 0.306 e. The van der Waals surface area contributed by atoms with Crippen molar-refractivity contribution >= 4 is 11.9 Å². The van der Waals surface area contributed by atoms with Crippen molar-refractivity contribution in [3.05, 3.63) is 35.9 Å². The van der Waals surface area contributed by atoms with Gasteiger partial charge in [-0.1, -0.05) is 102 Å². The molecular weight excluding hydrogens is 388 g/mol. The molecule has 4 nitrogen and oxygen atoms in total. The lowest BCUT2D eigenvalue weighted by molar-refractivity contribution is -0.151. The Bertz CT molecular complexity index is 524. The molecule has 0 radical (unpaired) electrons. The average Bonchev–Trinajstić information content (AvgIpc) is 2.79. The van der Waals surface area contributed by atoms with Crippen molar-refractivity contribution in [1.82, 2.24) is 0 Å². The molecule has 0 saturated carbocycles. The molecule has 1 rings (SSSR count). The Morgan fingerprint density at radius 2 is 1.16 bits per heavy atom. The first-order valence-electron chi connectivity index (χ1n) is 12.3. The molecule has 4 heteroatoms.